The number of nitrogens with one attached hydrogen (secondary N) is 1. The highest BCUT2D eigenvalue weighted by atomic mass is 79.9. The predicted molar refractivity (Wildman–Crippen MR) is 66.6 cm³/mol. The van der Waals surface area contributed by atoms with Crippen LogP contribution in [0.3, 0.4) is 0 Å². The first-order valence-electron chi connectivity index (χ1n) is 5.12. The molecule has 82 valence electrons. The summed E-state index contributed by atoms with van der Waals surface area (Å²) in [7, 11) is 0. The molecule has 0 amide bonds. The Morgan fingerprint density at radius 2 is 2.27 bits per heavy atom. The summed E-state index contributed by atoms with van der Waals surface area (Å²) < 4.78 is 1.03. The Morgan fingerprint density at radius 3 is 2.80 bits per heavy atom. The molecule has 1 aliphatic rings. The second-order valence-corrected chi connectivity index (χ2v) is 5.35. The highest BCUT2D eigenvalue weighted by Gasteiger charge is 2.26. The van der Waals surface area contributed by atoms with Crippen LogP contribution in [-0.4, -0.2) is 0 Å². The van der Waals surface area contributed by atoms with E-state index >= 15 is 0 Å². The molecule has 0 aromatic heterocycles. The fraction of sp³-hybridized carbons (Fsp3) is 0.455. The fourth-order valence-corrected chi connectivity index (χ4v) is 2.71. The van der Waals surface area contributed by atoms with E-state index in [0.29, 0.717) is 0 Å². The highest BCUT2D eigenvalue weighted by Crippen LogP contribution is 2.39. The minimum atomic E-state index is 0.226. The standard InChI is InChI=1S/C11H14BrClN2/c12-10-6-8(13)3-4-9(10)11(15-14)5-7-1-2-7/h3-4,6-7,11,15H,1-2,5,14H2. The van der Waals surface area contributed by atoms with Crippen molar-refractivity contribution in [3.8, 4) is 0 Å². The Labute approximate surface area is 103 Å². The summed E-state index contributed by atoms with van der Waals surface area (Å²) in [6.07, 6.45) is 3.78. The molecular weight excluding hydrogens is 275 g/mol. The molecule has 0 radical (unpaired) electrons. The molecule has 1 saturated carbocycles. The molecule has 1 atom stereocenters. The fourth-order valence-electron chi connectivity index (χ4n) is 1.76. The Hall–Kier alpha value is -0.0900. The third-order valence-corrected chi connectivity index (χ3v) is 3.73. The largest absolute Gasteiger partial charge is 0.271 e. The maximum atomic E-state index is 5.90. The van der Waals surface area contributed by atoms with Crippen molar-refractivity contribution in [2.45, 2.75) is 25.3 Å². The van der Waals surface area contributed by atoms with Crippen molar-refractivity contribution >= 4 is 27.5 Å². The minimum absolute atomic E-state index is 0.226. The monoisotopic (exact) mass is 288 g/mol. The second-order valence-electron chi connectivity index (χ2n) is 4.06. The molecule has 0 bridgehead atoms. The van der Waals surface area contributed by atoms with E-state index < -0.39 is 0 Å². The lowest BCUT2D eigenvalue weighted by molar-refractivity contribution is 0.485. The first-order valence-corrected chi connectivity index (χ1v) is 6.29. The van der Waals surface area contributed by atoms with Gasteiger partial charge in [-0.2, -0.15) is 0 Å². The Kier molecular flexibility index (Phi) is 3.67. The lowest BCUT2D eigenvalue weighted by atomic mass is 10.0. The summed E-state index contributed by atoms with van der Waals surface area (Å²) in [5, 5.41) is 0.743. The van der Waals surface area contributed by atoms with E-state index in [0.717, 1.165) is 21.8 Å². The van der Waals surface area contributed by atoms with Gasteiger partial charge in [-0.05, 0) is 30.0 Å². The zero-order valence-corrected chi connectivity index (χ0v) is 10.7. The average molecular weight is 290 g/mol. The second kappa shape index (κ2) is 4.83. The van der Waals surface area contributed by atoms with Gasteiger partial charge in [-0.25, -0.2) is 0 Å². The topological polar surface area (TPSA) is 38.0 Å². The number of hydrogen-bond acceptors (Lipinski definition) is 2. The molecular formula is C11H14BrClN2. The van der Waals surface area contributed by atoms with Gasteiger partial charge < -0.3 is 0 Å². The summed E-state index contributed by atoms with van der Waals surface area (Å²) >= 11 is 9.42. The third-order valence-electron chi connectivity index (χ3n) is 2.81. The maximum absolute atomic E-state index is 5.90. The molecule has 2 rings (SSSR count). The Balaban J connectivity index is 2.16. The van der Waals surface area contributed by atoms with Gasteiger partial charge in [-0.3, -0.25) is 11.3 Å². The van der Waals surface area contributed by atoms with Crippen LogP contribution in [0.4, 0.5) is 0 Å². The number of halogens is 2. The number of benzene rings is 1. The molecule has 1 fully saturated rings. The quantitative estimate of drug-likeness (QED) is 0.658. The average Bonchev–Trinajstić information content (AvgIpc) is 2.99. The van der Waals surface area contributed by atoms with Gasteiger partial charge in [0.05, 0.1) is 0 Å². The summed E-state index contributed by atoms with van der Waals surface area (Å²) in [6.45, 7) is 0. The van der Waals surface area contributed by atoms with Gasteiger partial charge in [-0.1, -0.05) is 46.4 Å². The van der Waals surface area contributed by atoms with E-state index in [-0.39, 0.29) is 6.04 Å². The van der Waals surface area contributed by atoms with Gasteiger partial charge in [-0.15, -0.1) is 0 Å². The van der Waals surface area contributed by atoms with E-state index in [1.165, 1.54) is 18.4 Å². The van der Waals surface area contributed by atoms with Crippen LogP contribution in [-0.2, 0) is 0 Å². The van der Waals surface area contributed by atoms with Crippen LogP contribution in [0.2, 0.25) is 5.02 Å². The zero-order valence-electron chi connectivity index (χ0n) is 8.34. The molecule has 1 aromatic carbocycles. The van der Waals surface area contributed by atoms with Crippen molar-refractivity contribution in [2.24, 2.45) is 11.8 Å². The molecule has 4 heteroatoms. The molecule has 15 heavy (non-hydrogen) atoms. The number of hydrogen-bond donors (Lipinski definition) is 2. The van der Waals surface area contributed by atoms with Gasteiger partial charge in [0.25, 0.3) is 0 Å². The van der Waals surface area contributed by atoms with Crippen LogP contribution >= 0.6 is 27.5 Å². The van der Waals surface area contributed by atoms with Gasteiger partial charge in [0, 0.05) is 15.5 Å². The summed E-state index contributed by atoms with van der Waals surface area (Å²) in [4.78, 5) is 0. The van der Waals surface area contributed by atoms with Crippen LogP contribution in [0, 0.1) is 5.92 Å². The van der Waals surface area contributed by atoms with Crippen LogP contribution in [0.25, 0.3) is 0 Å². The number of nitrogens with two attached hydrogens (primary N) is 1. The highest BCUT2D eigenvalue weighted by molar-refractivity contribution is 9.10. The summed E-state index contributed by atoms with van der Waals surface area (Å²) in [5.41, 5.74) is 4.07. The lowest BCUT2D eigenvalue weighted by Crippen LogP contribution is -2.28. The van der Waals surface area contributed by atoms with Crippen molar-refractivity contribution in [1.82, 2.24) is 5.43 Å². The third kappa shape index (κ3) is 2.94. The van der Waals surface area contributed by atoms with Crippen LogP contribution in [0.1, 0.15) is 30.9 Å². The normalized spacial score (nSPS) is 17.8. The molecule has 3 N–H and O–H groups in total. The van der Waals surface area contributed by atoms with E-state index in [1.54, 1.807) is 0 Å². The Bertz CT molecular complexity index is 352. The molecule has 0 spiro atoms. The van der Waals surface area contributed by atoms with Crippen LogP contribution in [0.15, 0.2) is 22.7 Å². The van der Waals surface area contributed by atoms with Crippen molar-refractivity contribution < 1.29 is 0 Å². The van der Waals surface area contributed by atoms with Crippen LogP contribution in [0.5, 0.6) is 0 Å². The SMILES string of the molecule is NNC(CC1CC1)c1ccc(Cl)cc1Br. The molecule has 0 saturated heterocycles. The van der Waals surface area contributed by atoms with E-state index in [1.807, 2.05) is 18.2 Å². The van der Waals surface area contributed by atoms with Crippen LogP contribution < -0.4 is 11.3 Å². The first-order chi connectivity index (χ1) is 7.20. The Morgan fingerprint density at radius 1 is 1.53 bits per heavy atom. The van der Waals surface area contributed by atoms with Crippen molar-refractivity contribution in [3.05, 3.63) is 33.3 Å². The molecule has 1 aliphatic carbocycles. The van der Waals surface area contributed by atoms with Crippen molar-refractivity contribution in [3.63, 3.8) is 0 Å². The van der Waals surface area contributed by atoms with E-state index in [4.69, 9.17) is 17.4 Å². The zero-order chi connectivity index (χ0) is 10.8. The van der Waals surface area contributed by atoms with Gasteiger partial charge in [0.2, 0.25) is 0 Å². The first kappa shape index (κ1) is 11.4. The smallest absolute Gasteiger partial charge is 0.0473 e. The molecule has 2 nitrogen and oxygen atoms in total. The molecule has 0 heterocycles. The molecule has 1 aromatic rings. The van der Waals surface area contributed by atoms with E-state index in [9.17, 15) is 0 Å². The minimum Gasteiger partial charge on any atom is -0.271 e. The predicted octanol–water partition coefficient (Wildman–Crippen LogP) is 3.41. The van der Waals surface area contributed by atoms with E-state index in [2.05, 4.69) is 21.4 Å². The van der Waals surface area contributed by atoms with Gasteiger partial charge >= 0.3 is 0 Å². The maximum Gasteiger partial charge on any atom is 0.0473 e. The summed E-state index contributed by atoms with van der Waals surface area (Å²) in [6, 6.07) is 6.07. The number of hydrazine groups is 1. The van der Waals surface area contributed by atoms with Crippen molar-refractivity contribution in [1.29, 1.82) is 0 Å². The van der Waals surface area contributed by atoms with Crippen molar-refractivity contribution in [2.75, 3.05) is 0 Å². The number of rotatable bonds is 4. The lowest BCUT2D eigenvalue weighted by Gasteiger charge is -2.17. The summed E-state index contributed by atoms with van der Waals surface area (Å²) in [5.74, 6) is 6.43. The van der Waals surface area contributed by atoms with Gasteiger partial charge in [0.15, 0.2) is 0 Å². The van der Waals surface area contributed by atoms with Gasteiger partial charge in [0.1, 0.15) is 0 Å². The molecule has 1 unspecified atom stereocenters. The molecule has 0 aliphatic heterocycles.